The monoisotopic (exact) mass is 313 g/mol. The summed E-state index contributed by atoms with van der Waals surface area (Å²) in [5.41, 5.74) is 0. The number of anilines is 2. The maximum atomic E-state index is 6.08. The molecule has 2 aliphatic heterocycles. The molecule has 0 spiro atoms. The Hall–Kier alpha value is -1.18. The molecule has 1 aromatic heterocycles. The molecule has 0 radical (unpaired) electrons. The fourth-order valence-electron chi connectivity index (χ4n) is 2.77. The summed E-state index contributed by atoms with van der Waals surface area (Å²) >= 11 is 6.08. The van der Waals surface area contributed by atoms with Gasteiger partial charge in [-0.2, -0.15) is 15.0 Å². The largest absolute Gasteiger partial charge is 0.378 e. The van der Waals surface area contributed by atoms with E-state index in [0.717, 1.165) is 26.1 Å². The highest BCUT2D eigenvalue weighted by molar-refractivity contribution is 6.28. The maximum Gasteiger partial charge on any atom is 0.231 e. The first-order valence-corrected chi connectivity index (χ1v) is 7.61. The van der Waals surface area contributed by atoms with Crippen LogP contribution in [0.3, 0.4) is 0 Å². The summed E-state index contributed by atoms with van der Waals surface area (Å²) in [6, 6.07) is 0.265. The summed E-state index contributed by atoms with van der Waals surface area (Å²) in [6.45, 7) is 5.74. The first-order chi connectivity index (χ1) is 10.1. The van der Waals surface area contributed by atoms with Crippen LogP contribution < -0.4 is 9.80 Å². The van der Waals surface area contributed by atoms with Crippen LogP contribution in [-0.4, -0.2) is 67.1 Å². The highest BCUT2D eigenvalue weighted by atomic mass is 35.5. The molecule has 2 saturated heterocycles. The minimum absolute atomic E-state index is 0.164. The van der Waals surface area contributed by atoms with Crippen LogP contribution in [-0.2, 0) is 9.47 Å². The second kappa shape index (κ2) is 6.29. The first kappa shape index (κ1) is 14.7. The Morgan fingerprint density at radius 1 is 1.19 bits per heavy atom. The number of hydrogen-bond acceptors (Lipinski definition) is 7. The van der Waals surface area contributed by atoms with Crippen molar-refractivity contribution in [1.29, 1.82) is 0 Å². The van der Waals surface area contributed by atoms with Crippen molar-refractivity contribution in [1.82, 2.24) is 15.0 Å². The normalized spacial score (nSPS) is 26.1. The molecule has 2 atom stereocenters. The molecule has 1 aromatic rings. The van der Waals surface area contributed by atoms with Crippen LogP contribution >= 0.6 is 11.6 Å². The smallest absolute Gasteiger partial charge is 0.231 e. The minimum atomic E-state index is 0.164. The van der Waals surface area contributed by atoms with Crippen LogP contribution in [0, 0.1) is 0 Å². The number of hydrogen-bond donors (Lipinski definition) is 0. The Morgan fingerprint density at radius 2 is 1.95 bits per heavy atom. The maximum absolute atomic E-state index is 6.08. The van der Waals surface area contributed by atoms with E-state index >= 15 is 0 Å². The number of ether oxygens (including phenoxy) is 2. The number of morpholine rings is 1. The van der Waals surface area contributed by atoms with Gasteiger partial charge >= 0.3 is 0 Å². The summed E-state index contributed by atoms with van der Waals surface area (Å²) < 4.78 is 11.0. The molecule has 7 nitrogen and oxygen atoms in total. The minimum Gasteiger partial charge on any atom is -0.378 e. The molecule has 116 valence electrons. The van der Waals surface area contributed by atoms with E-state index in [1.807, 2.05) is 11.9 Å². The molecule has 2 unspecified atom stereocenters. The Morgan fingerprint density at radius 3 is 2.62 bits per heavy atom. The van der Waals surface area contributed by atoms with Crippen LogP contribution in [0.15, 0.2) is 0 Å². The Labute approximate surface area is 129 Å². The van der Waals surface area contributed by atoms with Crippen molar-refractivity contribution in [2.24, 2.45) is 0 Å². The van der Waals surface area contributed by atoms with Gasteiger partial charge in [0, 0.05) is 26.7 Å². The van der Waals surface area contributed by atoms with Gasteiger partial charge in [0.1, 0.15) is 0 Å². The summed E-state index contributed by atoms with van der Waals surface area (Å²) in [4.78, 5) is 17.2. The fourth-order valence-corrected chi connectivity index (χ4v) is 2.92. The molecule has 3 heterocycles. The first-order valence-electron chi connectivity index (χ1n) is 7.24. The lowest BCUT2D eigenvalue weighted by atomic mass is 10.1. The zero-order valence-corrected chi connectivity index (χ0v) is 13.1. The van der Waals surface area contributed by atoms with Crippen molar-refractivity contribution < 1.29 is 9.47 Å². The number of halogens is 1. The molecule has 8 heteroatoms. The van der Waals surface area contributed by atoms with Gasteiger partial charge in [0.05, 0.1) is 25.4 Å². The second-order valence-corrected chi connectivity index (χ2v) is 5.68. The lowest BCUT2D eigenvalue weighted by Crippen LogP contribution is -2.40. The topological polar surface area (TPSA) is 63.6 Å². The van der Waals surface area contributed by atoms with Gasteiger partial charge in [-0.15, -0.1) is 0 Å². The van der Waals surface area contributed by atoms with Gasteiger partial charge in [0.15, 0.2) is 0 Å². The third-order valence-electron chi connectivity index (χ3n) is 4.03. The van der Waals surface area contributed by atoms with Crippen LogP contribution in [0.1, 0.15) is 13.3 Å². The SMILES string of the molecule is CC1OCCC1N(C)c1nc(Cl)nc(N2CCOCC2)n1. The third-order valence-corrected chi connectivity index (χ3v) is 4.20. The molecule has 3 rings (SSSR count). The molecule has 0 saturated carbocycles. The van der Waals surface area contributed by atoms with Crippen molar-refractivity contribution in [3.8, 4) is 0 Å². The summed E-state index contributed by atoms with van der Waals surface area (Å²) in [5.74, 6) is 1.21. The molecule has 21 heavy (non-hydrogen) atoms. The Kier molecular flexibility index (Phi) is 4.42. The predicted molar refractivity (Wildman–Crippen MR) is 80.1 cm³/mol. The van der Waals surface area contributed by atoms with Gasteiger partial charge < -0.3 is 19.3 Å². The number of nitrogens with zero attached hydrogens (tertiary/aromatic N) is 5. The van der Waals surface area contributed by atoms with Gasteiger partial charge in [-0.05, 0) is 24.9 Å². The highest BCUT2D eigenvalue weighted by Gasteiger charge is 2.30. The van der Waals surface area contributed by atoms with E-state index in [9.17, 15) is 0 Å². The summed E-state index contributed by atoms with van der Waals surface area (Å²) in [7, 11) is 1.98. The van der Waals surface area contributed by atoms with E-state index in [4.69, 9.17) is 21.1 Å². The standard InChI is InChI=1S/C13H20ClN5O2/c1-9-10(3-6-21-9)18(2)12-15-11(14)16-13(17-12)19-4-7-20-8-5-19/h9-10H,3-8H2,1-2H3. The lowest BCUT2D eigenvalue weighted by molar-refractivity contribution is 0.118. The predicted octanol–water partition coefficient (Wildman–Crippen LogP) is 0.975. The van der Waals surface area contributed by atoms with E-state index < -0.39 is 0 Å². The van der Waals surface area contributed by atoms with E-state index in [1.54, 1.807) is 0 Å². The Balaban J connectivity index is 1.83. The molecular weight excluding hydrogens is 294 g/mol. The zero-order valence-electron chi connectivity index (χ0n) is 12.3. The van der Waals surface area contributed by atoms with Gasteiger partial charge in [-0.25, -0.2) is 0 Å². The highest BCUT2D eigenvalue weighted by Crippen LogP contribution is 2.24. The van der Waals surface area contributed by atoms with E-state index in [-0.39, 0.29) is 17.4 Å². The summed E-state index contributed by atoms with van der Waals surface area (Å²) in [6.07, 6.45) is 1.13. The number of aromatic nitrogens is 3. The van der Waals surface area contributed by atoms with Crippen molar-refractivity contribution >= 4 is 23.5 Å². The zero-order chi connectivity index (χ0) is 14.8. The van der Waals surface area contributed by atoms with Gasteiger partial charge in [0.2, 0.25) is 17.2 Å². The average Bonchev–Trinajstić information content (AvgIpc) is 2.93. The quantitative estimate of drug-likeness (QED) is 0.824. The van der Waals surface area contributed by atoms with Crippen LogP contribution in [0.4, 0.5) is 11.9 Å². The fraction of sp³-hybridized carbons (Fsp3) is 0.769. The molecular formula is C13H20ClN5O2. The van der Waals surface area contributed by atoms with Crippen LogP contribution in [0.2, 0.25) is 5.28 Å². The van der Waals surface area contributed by atoms with Gasteiger partial charge in [0.25, 0.3) is 0 Å². The van der Waals surface area contributed by atoms with E-state index in [2.05, 4.69) is 26.8 Å². The molecule has 0 aromatic carbocycles. The Bertz CT molecular complexity index is 497. The van der Waals surface area contributed by atoms with E-state index in [1.165, 1.54) is 0 Å². The molecule has 0 aliphatic carbocycles. The van der Waals surface area contributed by atoms with Crippen molar-refractivity contribution in [3.63, 3.8) is 0 Å². The van der Waals surface area contributed by atoms with E-state index in [0.29, 0.717) is 25.1 Å². The lowest BCUT2D eigenvalue weighted by Gasteiger charge is -2.29. The number of rotatable bonds is 3. The van der Waals surface area contributed by atoms with Gasteiger partial charge in [-0.1, -0.05) is 0 Å². The average molecular weight is 314 g/mol. The van der Waals surface area contributed by atoms with Crippen LogP contribution in [0.5, 0.6) is 0 Å². The molecule has 0 bridgehead atoms. The molecule has 2 fully saturated rings. The molecule has 0 N–H and O–H groups in total. The summed E-state index contributed by atoms with van der Waals surface area (Å²) in [5, 5.41) is 0.222. The van der Waals surface area contributed by atoms with Crippen molar-refractivity contribution in [3.05, 3.63) is 5.28 Å². The molecule has 0 amide bonds. The van der Waals surface area contributed by atoms with Crippen molar-refractivity contribution in [2.75, 3.05) is 49.8 Å². The van der Waals surface area contributed by atoms with Crippen LogP contribution in [0.25, 0.3) is 0 Å². The van der Waals surface area contributed by atoms with Crippen molar-refractivity contribution in [2.45, 2.75) is 25.5 Å². The third kappa shape index (κ3) is 3.20. The van der Waals surface area contributed by atoms with Gasteiger partial charge in [-0.3, -0.25) is 0 Å². The number of likely N-dealkylation sites (N-methyl/N-ethyl adjacent to an activating group) is 1. The second-order valence-electron chi connectivity index (χ2n) is 5.35. The molecule has 2 aliphatic rings.